The Balaban J connectivity index is 1.41. The van der Waals surface area contributed by atoms with Gasteiger partial charge in [-0.1, -0.05) is 73.3 Å². The summed E-state index contributed by atoms with van der Waals surface area (Å²) in [7, 11) is 0. The van der Waals surface area contributed by atoms with Crippen molar-refractivity contribution in [2.24, 2.45) is 52.3 Å². The number of hydrogen-bond acceptors (Lipinski definition) is 1. The summed E-state index contributed by atoms with van der Waals surface area (Å²) in [5.74, 6) is 6.12. The zero-order chi connectivity index (χ0) is 23.4. The first-order valence-corrected chi connectivity index (χ1v) is 14.6. The predicted molar refractivity (Wildman–Crippen MR) is 142 cm³/mol. The summed E-state index contributed by atoms with van der Waals surface area (Å²) in [5.41, 5.74) is 1.18. The fourth-order valence-corrected chi connectivity index (χ4v) is 7.94. The van der Waals surface area contributed by atoms with Crippen molar-refractivity contribution >= 4 is 0 Å². The van der Waals surface area contributed by atoms with Gasteiger partial charge in [0, 0.05) is 6.54 Å². The van der Waals surface area contributed by atoms with Crippen molar-refractivity contribution in [1.82, 2.24) is 5.32 Å². The van der Waals surface area contributed by atoms with E-state index in [9.17, 15) is 0 Å². The molecule has 186 valence electrons. The number of rotatable bonds is 14. The topological polar surface area (TPSA) is 12.0 Å². The highest BCUT2D eigenvalue weighted by molar-refractivity contribution is 4.99. The summed E-state index contributed by atoms with van der Waals surface area (Å²) >= 11 is 0. The average Bonchev–Trinajstić information content (AvgIpc) is 3.18. The smallest absolute Gasteiger partial charge is 0.000528 e. The molecule has 1 heteroatoms. The molecule has 0 aromatic heterocycles. The molecule has 0 spiro atoms. The van der Waals surface area contributed by atoms with Gasteiger partial charge in [0.1, 0.15) is 0 Å². The summed E-state index contributed by atoms with van der Waals surface area (Å²) < 4.78 is 0. The molecular weight excluding hydrogens is 386 g/mol. The summed E-state index contributed by atoms with van der Waals surface area (Å²) in [6.07, 6.45) is 19.5. The first kappa shape index (κ1) is 26.3. The molecule has 0 heterocycles. The van der Waals surface area contributed by atoms with E-state index in [1.807, 2.05) is 0 Å². The molecule has 0 saturated heterocycles. The highest BCUT2D eigenvalue weighted by Crippen LogP contribution is 2.58. The van der Waals surface area contributed by atoms with Crippen LogP contribution in [0.15, 0.2) is 12.7 Å². The van der Waals surface area contributed by atoms with Gasteiger partial charge >= 0.3 is 0 Å². The van der Waals surface area contributed by atoms with Crippen LogP contribution < -0.4 is 5.32 Å². The molecule has 0 aromatic rings. The zero-order valence-electron chi connectivity index (χ0n) is 22.7. The molecule has 0 radical (unpaired) electrons. The molecule has 32 heavy (non-hydrogen) atoms. The minimum Gasteiger partial charge on any atom is -0.316 e. The van der Waals surface area contributed by atoms with Gasteiger partial charge in [0.25, 0.3) is 0 Å². The molecule has 8 unspecified atom stereocenters. The van der Waals surface area contributed by atoms with Crippen LogP contribution in [0.4, 0.5) is 0 Å². The molecule has 3 aliphatic carbocycles. The number of hydrogen-bond donors (Lipinski definition) is 1. The first-order valence-electron chi connectivity index (χ1n) is 14.6. The second-order valence-electron chi connectivity index (χ2n) is 13.4. The molecule has 3 fully saturated rings. The number of allylic oxidation sites excluding steroid dienone is 1. The summed E-state index contributed by atoms with van der Waals surface area (Å²) in [6.45, 7) is 21.6. The lowest BCUT2D eigenvalue weighted by atomic mass is 9.49. The molecule has 3 rings (SSSR count). The highest BCUT2D eigenvalue weighted by atomic mass is 14.9. The Morgan fingerprint density at radius 3 is 2.22 bits per heavy atom. The van der Waals surface area contributed by atoms with Gasteiger partial charge in [0.2, 0.25) is 0 Å². The van der Waals surface area contributed by atoms with E-state index >= 15 is 0 Å². The van der Waals surface area contributed by atoms with Crippen LogP contribution in [0.3, 0.4) is 0 Å². The summed E-state index contributed by atoms with van der Waals surface area (Å²) in [4.78, 5) is 0. The van der Waals surface area contributed by atoms with E-state index in [0.717, 1.165) is 35.5 Å². The van der Waals surface area contributed by atoms with Crippen molar-refractivity contribution in [3.05, 3.63) is 12.7 Å². The minimum atomic E-state index is 0.584. The summed E-state index contributed by atoms with van der Waals surface area (Å²) in [6, 6.07) is 0. The standard InChI is InChI=1S/C31H57N/c1-8-23(3)25(5)20-28(9-2)31(7)19-16-29(31)24(4)12-13-26-14-15-27(26)21-32-22-30(6)17-10-11-18-30/h8,23-29,32H,1,9-22H2,2-7H3. The van der Waals surface area contributed by atoms with Gasteiger partial charge < -0.3 is 5.32 Å². The van der Waals surface area contributed by atoms with Crippen molar-refractivity contribution in [3.8, 4) is 0 Å². The Morgan fingerprint density at radius 1 is 1.00 bits per heavy atom. The maximum absolute atomic E-state index is 4.05. The van der Waals surface area contributed by atoms with Crippen LogP contribution in [0, 0.1) is 52.3 Å². The van der Waals surface area contributed by atoms with Crippen LogP contribution in [0.1, 0.15) is 119 Å². The lowest BCUT2D eigenvalue weighted by molar-refractivity contribution is -0.0607. The zero-order valence-corrected chi connectivity index (χ0v) is 22.7. The van der Waals surface area contributed by atoms with Crippen molar-refractivity contribution in [2.75, 3.05) is 13.1 Å². The molecule has 3 saturated carbocycles. The first-order chi connectivity index (χ1) is 15.2. The molecule has 3 aliphatic rings. The fraction of sp³-hybridized carbons (Fsp3) is 0.935. The lowest BCUT2D eigenvalue weighted by Crippen LogP contribution is -2.47. The Hall–Kier alpha value is -0.300. The van der Waals surface area contributed by atoms with E-state index in [4.69, 9.17) is 0 Å². The van der Waals surface area contributed by atoms with Crippen LogP contribution in [0.2, 0.25) is 0 Å². The lowest BCUT2D eigenvalue weighted by Gasteiger charge is -2.56. The second kappa shape index (κ2) is 11.4. The van der Waals surface area contributed by atoms with Crippen molar-refractivity contribution in [2.45, 2.75) is 119 Å². The van der Waals surface area contributed by atoms with Crippen molar-refractivity contribution in [3.63, 3.8) is 0 Å². The van der Waals surface area contributed by atoms with E-state index in [-0.39, 0.29) is 0 Å². The van der Waals surface area contributed by atoms with Gasteiger partial charge in [-0.15, -0.1) is 6.58 Å². The van der Waals surface area contributed by atoms with Gasteiger partial charge in [0.15, 0.2) is 0 Å². The van der Waals surface area contributed by atoms with E-state index in [0.29, 0.717) is 16.7 Å². The second-order valence-corrected chi connectivity index (χ2v) is 13.4. The molecule has 1 nitrogen and oxygen atoms in total. The van der Waals surface area contributed by atoms with E-state index in [1.54, 1.807) is 0 Å². The number of nitrogens with one attached hydrogen (secondary N) is 1. The molecule has 0 aliphatic heterocycles. The minimum absolute atomic E-state index is 0.584. The van der Waals surface area contributed by atoms with Gasteiger partial charge in [-0.25, -0.2) is 0 Å². The quantitative estimate of drug-likeness (QED) is 0.264. The third-order valence-electron chi connectivity index (χ3n) is 11.2. The van der Waals surface area contributed by atoms with Gasteiger partial charge in [-0.2, -0.15) is 0 Å². The van der Waals surface area contributed by atoms with Crippen LogP contribution in [-0.2, 0) is 0 Å². The van der Waals surface area contributed by atoms with Gasteiger partial charge in [-0.3, -0.25) is 0 Å². The Bertz CT molecular complexity index is 575. The van der Waals surface area contributed by atoms with Crippen LogP contribution in [0.25, 0.3) is 0 Å². The summed E-state index contributed by atoms with van der Waals surface area (Å²) in [5, 5.41) is 3.89. The largest absolute Gasteiger partial charge is 0.316 e. The predicted octanol–water partition coefficient (Wildman–Crippen LogP) is 8.89. The Kier molecular flexibility index (Phi) is 9.39. The van der Waals surface area contributed by atoms with Crippen molar-refractivity contribution in [1.29, 1.82) is 0 Å². The molecule has 0 amide bonds. The molecular formula is C31H57N. The SMILES string of the molecule is C=CC(C)C(C)CC(CC)C1(C)CCC1C(C)CCC1CCC1CNCC1(C)CCCC1. The third kappa shape index (κ3) is 6.03. The molecule has 0 bridgehead atoms. The Labute approximate surface area is 202 Å². The van der Waals surface area contributed by atoms with Crippen LogP contribution >= 0.6 is 0 Å². The fourth-order valence-electron chi connectivity index (χ4n) is 7.94. The molecule has 0 aromatic carbocycles. The maximum Gasteiger partial charge on any atom is 0.000528 e. The highest BCUT2D eigenvalue weighted by Gasteiger charge is 2.49. The molecule has 1 N–H and O–H groups in total. The normalized spacial score (nSPS) is 35.4. The van der Waals surface area contributed by atoms with E-state index in [2.05, 4.69) is 59.5 Å². The van der Waals surface area contributed by atoms with E-state index in [1.165, 1.54) is 90.1 Å². The van der Waals surface area contributed by atoms with Gasteiger partial charge in [-0.05, 0) is 110 Å². The van der Waals surface area contributed by atoms with Gasteiger partial charge in [0.05, 0.1) is 0 Å². The monoisotopic (exact) mass is 443 g/mol. The maximum atomic E-state index is 4.05. The Morgan fingerprint density at radius 2 is 1.69 bits per heavy atom. The average molecular weight is 444 g/mol. The van der Waals surface area contributed by atoms with Crippen LogP contribution in [0.5, 0.6) is 0 Å². The van der Waals surface area contributed by atoms with Crippen LogP contribution in [-0.4, -0.2) is 13.1 Å². The molecule has 8 atom stereocenters. The third-order valence-corrected chi connectivity index (χ3v) is 11.2. The van der Waals surface area contributed by atoms with E-state index < -0.39 is 0 Å². The van der Waals surface area contributed by atoms with Crippen molar-refractivity contribution < 1.29 is 0 Å².